The lowest BCUT2D eigenvalue weighted by Gasteiger charge is -2.31. The van der Waals surface area contributed by atoms with Crippen LogP contribution < -0.4 is 10.6 Å². The highest BCUT2D eigenvalue weighted by Gasteiger charge is 2.37. The van der Waals surface area contributed by atoms with Gasteiger partial charge in [-0.15, -0.1) is 0 Å². The summed E-state index contributed by atoms with van der Waals surface area (Å²) >= 11 is 12.4. The molecule has 0 bridgehead atoms. The largest absolute Gasteiger partial charge is 0.394 e. The van der Waals surface area contributed by atoms with Crippen LogP contribution in [-0.4, -0.2) is 37.0 Å². The quantitative estimate of drug-likeness (QED) is 0.677. The Labute approximate surface area is 151 Å². The Morgan fingerprint density at radius 1 is 1.33 bits per heavy atom. The highest BCUT2D eigenvalue weighted by atomic mass is 35.5. The van der Waals surface area contributed by atoms with Crippen molar-refractivity contribution in [2.24, 2.45) is 0 Å². The van der Waals surface area contributed by atoms with Crippen molar-refractivity contribution in [3.05, 3.63) is 33.8 Å². The Morgan fingerprint density at radius 3 is 2.62 bits per heavy atom. The minimum atomic E-state index is -0.587. The van der Waals surface area contributed by atoms with Gasteiger partial charge in [0.25, 0.3) is 0 Å². The van der Waals surface area contributed by atoms with Crippen LogP contribution >= 0.6 is 23.2 Å². The fourth-order valence-electron chi connectivity index (χ4n) is 3.34. The number of carbonyl (C=O) groups is 1. The number of nitrogens with one attached hydrogen (secondary N) is 2. The van der Waals surface area contributed by atoms with Gasteiger partial charge in [0.1, 0.15) is 0 Å². The minimum Gasteiger partial charge on any atom is -0.394 e. The van der Waals surface area contributed by atoms with E-state index in [0.29, 0.717) is 16.6 Å². The maximum Gasteiger partial charge on any atom is 0.315 e. The molecule has 0 radical (unpaired) electrons. The molecule has 1 aliphatic rings. The number of alkyl halides is 1. The predicted octanol–water partition coefficient (Wildman–Crippen LogP) is 3.82. The van der Waals surface area contributed by atoms with Crippen LogP contribution in [0.25, 0.3) is 0 Å². The molecule has 2 rings (SSSR count). The average molecular weight is 377 g/mol. The first kappa shape index (κ1) is 19.3. The number of aliphatic hydroxyl groups excluding tert-OH is 1. The molecule has 1 saturated carbocycles. The summed E-state index contributed by atoms with van der Waals surface area (Å²) in [5.74, 6) is 0. The maximum absolute atomic E-state index is 12.4. The number of urea groups is 1. The second-order valence-corrected chi connectivity index (χ2v) is 7.14. The lowest BCUT2D eigenvalue weighted by molar-refractivity contribution is 0.206. The van der Waals surface area contributed by atoms with Crippen molar-refractivity contribution in [2.75, 3.05) is 19.8 Å². The number of amides is 2. The topological polar surface area (TPSA) is 61.4 Å². The summed E-state index contributed by atoms with van der Waals surface area (Å²) in [4.78, 5) is 12.0. The Kier molecular flexibility index (Phi) is 7.14. The Balaban J connectivity index is 2.05. The van der Waals surface area contributed by atoms with E-state index in [9.17, 15) is 9.18 Å². The number of benzene rings is 1. The van der Waals surface area contributed by atoms with Gasteiger partial charge in [0.15, 0.2) is 0 Å². The number of halogens is 3. The fraction of sp³-hybridized carbons (Fsp3) is 0.588. The van der Waals surface area contributed by atoms with Gasteiger partial charge < -0.3 is 15.7 Å². The van der Waals surface area contributed by atoms with E-state index >= 15 is 0 Å². The third kappa shape index (κ3) is 4.74. The predicted molar refractivity (Wildman–Crippen MR) is 94.6 cm³/mol. The summed E-state index contributed by atoms with van der Waals surface area (Å²) in [7, 11) is 0. The lowest BCUT2D eigenvalue weighted by atomic mass is 9.78. The van der Waals surface area contributed by atoms with Crippen LogP contribution in [0.4, 0.5) is 9.18 Å². The molecule has 1 atom stereocenters. The van der Waals surface area contributed by atoms with Crippen LogP contribution in [0.5, 0.6) is 0 Å². The molecule has 1 unspecified atom stereocenters. The average Bonchev–Trinajstić information content (AvgIpc) is 3.02. The van der Waals surface area contributed by atoms with E-state index in [4.69, 9.17) is 28.3 Å². The third-order valence-electron chi connectivity index (χ3n) is 4.66. The first-order valence-corrected chi connectivity index (χ1v) is 8.93. The highest BCUT2D eigenvalue weighted by molar-refractivity contribution is 6.35. The van der Waals surface area contributed by atoms with Gasteiger partial charge in [0.2, 0.25) is 0 Å². The Morgan fingerprint density at radius 2 is 2.04 bits per heavy atom. The monoisotopic (exact) mass is 376 g/mol. The van der Waals surface area contributed by atoms with Gasteiger partial charge in [-0.25, -0.2) is 4.79 Å². The molecular formula is C17H23Cl2FN2O2. The van der Waals surface area contributed by atoms with Crippen molar-refractivity contribution in [3.8, 4) is 0 Å². The zero-order chi connectivity index (χ0) is 17.6. The van der Waals surface area contributed by atoms with E-state index in [1.807, 2.05) is 12.1 Å². The normalized spacial score (nSPS) is 17.5. The zero-order valence-electron chi connectivity index (χ0n) is 13.5. The maximum atomic E-state index is 12.4. The molecule has 24 heavy (non-hydrogen) atoms. The summed E-state index contributed by atoms with van der Waals surface area (Å²) < 4.78 is 12.4. The van der Waals surface area contributed by atoms with Crippen molar-refractivity contribution in [2.45, 2.75) is 43.6 Å². The van der Waals surface area contributed by atoms with Crippen LogP contribution in [0.1, 0.15) is 37.7 Å². The van der Waals surface area contributed by atoms with Crippen LogP contribution in [-0.2, 0) is 5.41 Å². The number of hydrogen-bond acceptors (Lipinski definition) is 2. The molecule has 4 nitrogen and oxygen atoms in total. The van der Waals surface area contributed by atoms with Crippen molar-refractivity contribution < 1.29 is 14.3 Å². The molecule has 2 amide bonds. The van der Waals surface area contributed by atoms with Crippen molar-refractivity contribution in [1.29, 1.82) is 0 Å². The van der Waals surface area contributed by atoms with Gasteiger partial charge in [0, 0.05) is 22.0 Å². The summed E-state index contributed by atoms with van der Waals surface area (Å²) in [5.41, 5.74) is 0.780. The summed E-state index contributed by atoms with van der Waals surface area (Å²) in [6.45, 7) is -0.435. The van der Waals surface area contributed by atoms with Gasteiger partial charge >= 0.3 is 6.03 Å². The molecule has 0 heterocycles. The first-order valence-electron chi connectivity index (χ1n) is 8.17. The number of aliphatic hydroxyl groups is 1. The number of carbonyl (C=O) groups excluding carboxylic acids is 1. The first-order chi connectivity index (χ1) is 11.5. The Hall–Kier alpha value is -1.04. The summed E-state index contributed by atoms with van der Waals surface area (Å²) in [5, 5.41) is 15.8. The summed E-state index contributed by atoms with van der Waals surface area (Å²) in [6.07, 6.45) is 4.11. The standard InChI is InChI=1S/C17H23Cl2FN2O2/c18-12-3-4-14(15(19)9-12)17(6-1-2-7-17)11-21-16(24)22-13(10-23)5-8-20/h3-4,9,13,23H,1-2,5-8,10-11H2,(H2,21,22,24). The van der Waals surface area contributed by atoms with Crippen LogP contribution in [0.3, 0.4) is 0 Å². The SMILES string of the molecule is O=C(NCC1(c2ccc(Cl)cc2Cl)CCCC1)NC(CO)CCF. The van der Waals surface area contributed by atoms with Gasteiger partial charge in [0.05, 0.1) is 19.3 Å². The molecule has 134 valence electrons. The molecule has 1 aliphatic carbocycles. The summed E-state index contributed by atoms with van der Waals surface area (Å²) in [6, 6.07) is 4.48. The lowest BCUT2D eigenvalue weighted by Crippen LogP contribution is -2.48. The zero-order valence-corrected chi connectivity index (χ0v) is 15.0. The molecule has 7 heteroatoms. The molecule has 0 spiro atoms. The van der Waals surface area contributed by atoms with Crippen molar-refractivity contribution in [3.63, 3.8) is 0 Å². The second kappa shape index (κ2) is 8.88. The van der Waals surface area contributed by atoms with E-state index in [1.54, 1.807) is 6.07 Å². The number of hydrogen-bond donors (Lipinski definition) is 3. The molecule has 1 aromatic carbocycles. The number of rotatable bonds is 7. The van der Waals surface area contributed by atoms with Gasteiger partial charge in [-0.2, -0.15) is 0 Å². The van der Waals surface area contributed by atoms with Crippen molar-refractivity contribution in [1.82, 2.24) is 10.6 Å². The molecule has 0 saturated heterocycles. The molecule has 3 N–H and O–H groups in total. The molecular weight excluding hydrogens is 354 g/mol. The molecule has 0 aromatic heterocycles. The van der Waals surface area contributed by atoms with E-state index in [-0.39, 0.29) is 18.4 Å². The second-order valence-electron chi connectivity index (χ2n) is 6.30. The van der Waals surface area contributed by atoms with Gasteiger partial charge in [-0.3, -0.25) is 4.39 Å². The smallest absolute Gasteiger partial charge is 0.315 e. The van der Waals surface area contributed by atoms with Crippen molar-refractivity contribution >= 4 is 29.2 Å². The van der Waals surface area contributed by atoms with Crippen LogP contribution in [0.2, 0.25) is 10.0 Å². The highest BCUT2D eigenvalue weighted by Crippen LogP contribution is 2.43. The van der Waals surface area contributed by atoms with Crippen LogP contribution in [0, 0.1) is 0 Å². The van der Waals surface area contributed by atoms with E-state index < -0.39 is 18.7 Å². The van der Waals surface area contributed by atoms with Gasteiger partial charge in [-0.1, -0.05) is 42.1 Å². The van der Waals surface area contributed by atoms with E-state index in [2.05, 4.69) is 10.6 Å². The van der Waals surface area contributed by atoms with Gasteiger partial charge in [-0.05, 0) is 37.0 Å². The molecule has 1 aromatic rings. The van der Waals surface area contributed by atoms with E-state index in [1.165, 1.54) is 0 Å². The fourth-order valence-corrected chi connectivity index (χ4v) is 3.95. The Bertz CT molecular complexity index is 566. The van der Waals surface area contributed by atoms with E-state index in [0.717, 1.165) is 31.2 Å². The third-order valence-corrected chi connectivity index (χ3v) is 5.21. The molecule has 0 aliphatic heterocycles. The molecule has 1 fully saturated rings. The van der Waals surface area contributed by atoms with Crippen LogP contribution in [0.15, 0.2) is 18.2 Å². The minimum absolute atomic E-state index is 0.0953.